The van der Waals surface area contributed by atoms with Crippen LogP contribution in [0.4, 0.5) is 5.69 Å². The predicted molar refractivity (Wildman–Crippen MR) is 114 cm³/mol. The van der Waals surface area contributed by atoms with Crippen molar-refractivity contribution in [3.63, 3.8) is 0 Å². The summed E-state index contributed by atoms with van der Waals surface area (Å²) in [7, 11) is 0. The molecule has 0 atom stereocenters. The van der Waals surface area contributed by atoms with Gasteiger partial charge in [-0.1, -0.05) is 11.6 Å². The molecule has 136 valence electrons. The Morgan fingerprint density at radius 3 is 2.48 bits per heavy atom. The number of imidazole rings is 1. The predicted octanol–water partition coefficient (Wildman–Crippen LogP) is 2.60. The Kier molecular flexibility index (Phi) is 7.37. The number of rotatable bonds is 4. The van der Waals surface area contributed by atoms with Gasteiger partial charge in [0.15, 0.2) is 5.96 Å². The van der Waals surface area contributed by atoms with E-state index in [1.807, 2.05) is 25.3 Å². The molecule has 1 aliphatic heterocycles. The first-order valence-electron chi connectivity index (χ1n) is 8.16. The van der Waals surface area contributed by atoms with Crippen molar-refractivity contribution < 1.29 is 0 Å². The SMILES string of the molecule is Cc1nccn1CCN=C(N)N1CCN(c2ccc(Cl)cc2)CC1.I. The van der Waals surface area contributed by atoms with E-state index in [1.54, 1.807) is 6.20 Å². The molecule has 0 unspecified atom stereocenters. The second-order valence-corrected chi connectivity index (χ2v) is 6.29. The maximum atomic E-state index is 6.15. The number of hydrogen-bond donors (Lipinski definition) is 1. The minimum absolute atomic E-state index is 0. The molecule has 0 spiro atoms. The fourth-order valence-corrected chi connectivity index (χ4v) is 2.98. The fourth-order valence-electron chi connectivity index (χ4n) is 2.86. The molecular formula is C17H24ClIN6. The van der Waals surface area contributed by atoms with Crippen LogP contribution in [0.1, 0.15) is 5.82 Å². The molecule has 1 aromatic carbocycles. The molecule has 2 N–H and O–H groups in total. The number of aryl methyl sites for hydroxylation is 1. The van der Waals surface area contributed by atoms with Gasteiger partial charge in [0.1, 0.15) is 5.82 Å². The van der Waals surface area contributed by atoms with Crippen LogP contribution in [-0.4, -0.2) is 53.1 Å². The monoisotopic (exact) mass is 474 g/mol. The van der Waals surface area contributed by atoms with Crippen molar-refractivity contribution in [2.75, 3.05) is 37.6 Å². The summed E-state index contributed by atoms with van der Waals surface area (Å²) < 4.78 is 2.08. The lowest BCUT2D eigenvalue weighted by atomic mass is 10.2. The molecule has 1 fully saturated rings. The molecule has 1 saturated heterocycles. The molecule has 8 heteroatoms. The average Bonchev–Trinajstić information content (AvgIpc) is 3.01. The molecule has 1 aliphatic rings. The number of guanidine groups is 1. The van der Waals surface area contributed by atoms with E-state index in [0.717, 1.165) is 43.6 Å². The minimum atomic E-state index is 0. The topological polar surface area (TPSA) is 62.7 Å². The zero-order valence-corrected chi connectivity index (χ0v) is 17.4. The van der Waals surface area contributed by atoms with Gasteiger partial charge in [-0.3, -0.25) is 4.99 Å². The van der Waals surface area contributed by atoms with E-state index >= 15 is 0 Å². The third-order valence-electron chi connectivity index (χ3n) is 4.33. The van der Waals surface area contributed by atoms with Crippen molar-refractivity contribution in [1.29, 1.82) is 0 Å². The maximum absolute atomic E-state index is 6.15. The standard InChI is InChI=1S/C17H23ClN6.HI/c1-14-20-6-8-22(14)9-7-21-17(19)24-12-10-23(11-13-24)16-4-2-15(18)3-5-16;/h2-6,8H,7,9-13H2,1H3,(H2,19,21);1H. The largest absolute Gasteiger partial charge is 0.370 e. The van der Waals surface area contributed by atoms with Crippen molar-refractivity contribution in [3.8, 4) is 0 Å². The van der Waals surface area contributed by atoms with E-state index in [1.165, 1.54) is 5.69 Å². The second kappa shape index (κ2) is 9.28. The lowest BCUT2D eigenvalue weighted by molar-refractivity contribution is 0.380. The summed E-state index contributed by atoms with van der Waals surface area (Å²) >= 11 is 5.95. The van der Waals surface area contributed by atoms with Gasteiger partial charge >= 0.3 is 0 Å². The number of nitrogens with two attached hydrogens (primary N) is 1. The molecule has 1 aromatic heterocycles. The number of anilines is 1. The van der Waals surface area contributed by atoms with E-state index in [0.29, 0.717) is 12.5 Å². The molecule has 2 heterocycles. The first-order valence-corrected chi connectivity index (χ1v) is 8.54. The molecule has 3 rings (SSSR count). The highest BCUT2D eigenvalue weighted by molar-refractivity contribution is 14.0. The number of aromatic nitrogens is 2. The van der Waals surface area contributed by atoms with E-state index in [9.17, 15) is 0 Å². The second-order valence-electron chi connectivity index (χ2n) is 5.86. The van der Waals surface area contributed by atoms with Gasteiger partial charge < -0.3 is 20.1 Å². The van der Waals surface area contributed by atoms with Crippen molar-refractivity contribution in [3.05, 3.63) is 47.5 Å². The molecule has 0 aliphatic carbocycles. The van der Waals surface area contributed by atoms with Gasteiger partial charge in [0.05, 0.1) is 6.54 Å². The van der Waals surface area contributed by atoms with Crippen molar-refractivity contribution in [2.45, 2.75) is 13.5 Å². The van der Waals surface area contributed by atoms with Gasteiger partial charge in [0.25, 0.3) is 0 Å². The van der Waals surface area contributed by atoms with Gasteiger partial charge in [-0.15, -0.1) is 24.0 Å². The highest BCUT2D eigenvalue weighted by Crippen LogP contribution is 2.19. The Bertz CT molecular complexity index is 691. The first-order chi connectivity index (χ1) is 11.6. The summed E-state index contributed by atoms with van der Waals surface area (Å²) in [6, 6.07) is 7.97. The lowest BCUT2D eigenvalue weighted by Crippen LogP contribution is -2.51. The van der Waals surface area contributed by atoms with Crippen LogP contribution in [-0.2, 0) is 6.54 Å². The third-order valence-corrected chi connectivity index (χ3v) is 4.59. The zero-order chi connectivity index (χ0) is 16.9. The molecule has 0 radical (unpaired) electrons. The molecule has 25 heavy (non-hydrogen) atoms. The van der Waals surface area contributed by atoms with E-state index < -0.39 is 0 Å². The van der Waals surface area contributed by atoms with Crippen molar-refractivity contribution in [1.82, 2.24) is 14.5 Å². The van der Waals surface area contributed by atoms with Crippen LogP contribution in [0.3, 0.4) is 0 Å². The Morgan fingerprint density at radius 2 is 1.88 bits per heavy atom. The maximum Gasteiger partial charge on any atom is 0.191 e. The van der Waals surface area contributed by atoms with Crippen LogP contribution >= 0.6 is 35.6 Å². The van der Waals surface area contributed by atoms with E-state index in [2.05, 4.69) is 36.5 Å². The molecule has 0 amide bonds. The third kappa shape index (κ3) is 5.24. The lowest BCUT2D eigenvalue weighted by Gasteiger charge is -2.36. The Labute approximate surface area is 170 Å². The van der Waals surface area contributed by atoms with Crippen LogP contribution in [0.5, 0.6) is 0 Å². The van der Waals surface area contributed by atoms with Gasteiger partial charge in [-0.2, -0.15) is 0 Å². The Hall–Kier alpha value is -1.48. The molecule has 0 bridgehead atoms. The number of piperazine rings is 1. The quantitative estimate of drug-likeness (QED) is 0.420. The van der Waals surface area contributed by atoms with Crippen LogP contribution in [0, 0.1) is 6.92 Å². The summed E-state index contributed by atoms with van der Waals surface area (Å²) in [5, 5.41) is 0.766. The van der Waals surface area contributed by atoms with Gasteiger partial charge in [-0.05, 0) is 31.2 Å². The van der Waals surface area contributed by atoms with E-state index in [-0.39, 0.29) is 24.0 Å². The average molecular weight is 475 g/mol. The summed E-state index contributed by atoms with van der Waals surface area (Å²) in [4.78, 5) is 13.2. The molecular weight excluding hydrogens is 451 g/mol. The van der Waals surface area contributed by atoms with E-state index in [4.69, 9.17) is 17.3 Å². The number of benzene rings is 1. The summed E-state index contributed by atoms with van der Waals surface area (Å²) in [6.07, 6.45) is 3.77. The number of aliphatic imine (C=N–C) groups is 1. The minimum Gasteiger partial charge on any atom is -0.370 e. The smallest absolute Gasteiger partial charge is 0.191 e. The normalized spacial score (nSPS) is 15.2. The first kappa shape index (κ1) is 19.8. The van der Waals surface area contributed by atoms with Crippen LogP contribution in [0.25, 0.3) is 0 Å². The van der Waals surface area contributed by atoms with Crippen LogP contribution in [0.15, 0.2) is 41.7 Å². The highest BCUT2D eigenvalue weighted by Gasteiger charge is 2.18. The zero-order valence-electron chi connectivity index (χ0n) is 14.3. The number of halogens is 2. The van der Waals surface area contributed by atoms with Gasteiger partial charge in [0, 0.05) is 55.8 Å². The number of hydrogen-bond acceptors (Lipinski definition) is 3. The number of nitrogens with zero attached hydrogens (tertiary/aromatic N) is 5. The highest BCUT2D eigenvalue weighted by atomic mass is 127. The van der Waals surface area contributed by atoms with Crippen LogP contribution in [0.2, 0.25) is 5.02 Å². The molecule has 2 aromatic rings. The Morgan fingerprint density at radius 1 is 1.20 bits per heavy atom. The van der Waals surface area contributed by atoms with Crippen molar-refractivity contribution in [2.24, 2.45) is 10.7 Å². The van der Waals surface area contributed by atoms with Gasteiger partial charge in [0.2, 0.25) is 0 Å². The molecule has 6 nitrogen and oxygen atoms in total. The molecule has 0 saturated carbocycles. The summed E-state index contributed by atoms with van der Waals surface area (Å²) in [5.74, 6) is 1.63. The summed E-state index contributed by atoms with van der Waals surface area (Å²) in [5.41, 5.74) is 7.34. The van der Waals surface area contributed by atoms with Crippen molar-refractivity contribution >= 4 is 47.2 Å². The Balaban J connectivity index is 0.00000225. The van der Waals surface area contributed by atoms with Crippen LogP contribution < -0.4 is 10.6 Å². The summed E-state index contributed by atoms with van der Waals surface area (Å²) in [6.45, 7) is 7.07. The van der Waals surface area contributed by atoms with Gasteiger partial charge in [-0.25, -0.2) is 4.98 Å². The fraction of sp³-hybridized carbons (Fsp3) is 0.412.